The molecule has 1 aliphatic heterocycles. The summed E-state index contributed by atoms with van der Waals surface area (Å²) in [6.07, 6.45) is 0. The summed E-state index contributed by atoms with van der Waals surface area (Å²) in [5.41, 5.74) is 3.25. The quantitative estimate of drug-likeness (QED) is 0.922. The van der Waals surface area contributed by atoms with E-state index in [1.54, 1.807) is 0 Å². The van der Waals surface area contributed by atoms with Crippen molar-refractivity contribution in [2.75, 3.05) is 31.6 Å². The molecular formula is C17H27N3O. The Hall–Kier alpha value is -1.55. The SMILES string of the molecule is CCNCc1ccc(N2CCN(C)C(=O)C2(C)C)cc1C. The van der Waals surface area contributed by atoms with Crippen LogP contribution in [0.5, 0.6) is 0 Å². The van der Waals surface area contributed by atoms with Gasteiger partial charge in [-0.05, 0) is 50.6 Å². The molecule has 0 radical (unpaired) electrons. The van der Waals surface area contributed by atoms with Gasteiger partial charge in [0.2, 0.25) is 5.91 Å². The maximum Gasteiger partial charge on any atom is 0.247 e. The summed E-state index contributed by atoms with van der Waals surface area (Å²) in [6, 6.07) is 6.51. The maximum atomic E-state index is 12.4. The van der Waals surface area contributed by atoms with Gasteiger partial charge in [0.1, 0.15) is 5.54 Å². The summed E-state index contributed by atoms with van der Waals surface area (Å²) in [5, 5.41) is 3.36. The zero-order valence-electron chi connectivity index (χ0n) is 13.9. The van der Waals surface area contributed by atoms with Crippen LogP contribution in [0.2, 0.25) is 0 Å². The average molecular weight is 289 g/mol. The molecule has 1 fully saturated rings. The molecule has 4 nitrogen and oxygen atoms in total. The van der Waals surface area contributed by atoms with E-state index in [1.165, 1.54) is 11.1 Å². The molecule has 21 heavy (non-hydrogen) atoms. The number of anilines is 1. The average Bonchev–Trinajstić information content (AvgIpc) is 2.44. The number of benzene rings is 1. The number of hydrogen-bond acceptors (Lipinski definition) is 3. The molecule has 1 saturated heterocycles. The first kappa shape index (κ1) is 15.8. The fourth-order valence-corrected chi connectivity index (χ4v) is 2.97. The Bertz CT molecular complexity index is 525. The highest BCUT2D eigenvalue weighted by Crippen LogP contribution is 2.29. The fraction of sp³-hybridized carbons (Fsp3) is 0.588. The van der Waals surface area contributed by atoms with E-state index in [2.05, 4.69) is 42.3 Å². The summed E-state index contributed by atoms with van der Waals surface area (Å²) in [4.78, 5) is 16.4. The number of carbonyl (C=O) groups is 1. The third-order valence-corrected chi connectivity index (χ3v) is 4.41. The van der Waals surface area contributed by atoms with Crippen LogP contribution in [0.1, 0.15) is 31.9 Å². The molecule has 1 heterocycles. The number of nitrogens with zero attached hydrogens (tertiary/aromatic N) is 2. The van der Waals surface area contributed by atoms with Gasteiger partial charge in [-0.2, -0.15) is 0 Å². The van der Waals surface area contributed by atoms with E-state index in [1.807, 2.05) is 25.8 Å². The van der Waals surface area contributed by atoms with Gasteiger partial charge in [-0.15, -0.1) is 0 Å². The Morgan fingerprint density at radius 1 is 1.29 bits per heavy atom. The minimum atomic E-state index is -0.484. The van der Waals surface area contributed by atoms with Crippen LogP contribution in [0.4, 0.5) is 5.69 Å². The second kappa shape index (κ2) is 6.06. The van der Waals surface area contributed by atoms with Crippen molar-refractivity contribution in [3.05, 3.63) is 29.3 Å². The van der Waals surface area contributed by atoms with Crippen LogP contribution >= 0.6 is 0 Å². The van der Waals surface area contributed by atoms with Crippen molar-refractivity contribution >= 4 is 11.6 Å². The number of rotatable bonds is 4. The normalized spacial score (nSPS) is 18.2. The molecule has 0 aromatic heterocycles. The highest BCUT2D eigenvalue weighted by atomic mass is 16.2. The molecule has 1 N–H and O–H groups in total. The number of carbonyl (C=O) groups excluding carboxylic acids is 1. The van der Waals surface area contributed by atoms with E-state index in [-0.39, 0.29) is 5.91 Å². The van der Waals surface area contributed by atoms with Crippen LogP contribution in [0.25, 0.3) is 0 Å². The molecule has 0 saturated carbocycles. The van der Waals surface area contributed by atoms with Gasteiger partial charge < -0.3 is 15.1 Å². The van der Waals surface area contributed by atoms with Crippen molar-refractivity contribution < 1.29 is 4.79 Å². The molecule has 116 valence electrons. The minimum absolute atomic E-state index is 0.183. The van der Waals surface area contributed by atoms with Gasteiger partial charge in [0, 0.05) is 32.4 Å². The van der Waals surface area contributed by atoms with Crippen molar-refractivity contribution in [2.24, 2.45) is 0 Å². The van der Waals surface area contributed by atoms with Crippen molar-refractivity contribution in [3.8, 4) is 0 Å². The molecule has 0 bridgehead atoms. The smallest absolute Gasteiger partial charge is 0.247 e. The van der Waals surface area contributed by atoms with Crippen molar-refractivity contribution in [2.45, 2.75) is 39.8 Å². The third kappa shape index (κ3) is 3.05. The third-order valence-electron chi connectivity index (χ3n) is 4.41. The monoisotopic (exact) mass is 289 g/mol. The van der Waals surface area contributed by atoms with E-state index in [4.69, 9.17) is 0 Å². The van der Waals surface area contributed by atoms with Gasteiger partial charge in [-0.3, -0.25) is 4.79 Å². The number of aryl methyl sites for hydroxylation is 1. The number of amides is 1. The Morgan fingerprint density at radius 3 is 2.62 bits per heavy atom. The maximum absolute atomic E-state index is 12.4. The van der Waals surface area contributed by atoms with E-state index in [0.717, 1.165) is 31.9 Å². The summed E-state index contributed by atoms with van der Waals surface area (Å²) in [6.45, 7) is 11.8. The molecule has 1 amide bonds. The van der Waals surface area contributed by atoms with Gasteiger partial charge in [0.15, 0.2) is 0 Å². The first-order valence-electron chi connectivity index (χ1n) is 7.71. The molecule has 1 aliphatic rings. The molecule has 1 aromatic carbocycles. The van der Waals surface area contributed by atoms with Crippen LogP contribution < -0.4 is 10.2 Å². The summed E-state index contributed by atoms with van der Waals surface area (Å²) in [7, 11) is 1.88. The van der Waals surface area contributed by atoms with Gasteiger partial charge in [0.25, 0.3) is 0 Å². The lowest BCUT2D eigenvalue weighted by Crippen LogP contribution is -2.62. The molecule has 4 heteroatoms. The second-order valence-corrected chi connectivity index (χ2v) is 6.33. The number of likely N-dealkylation sites (N-methyl/N-ethyl adjacent to an activating group) is 1. The predicted octanol–water partition coefficient (Wildman–Crippen LogP) is 2.16. The zero-order chi connectivity index (χ0) is 15.6. The summed E-state index contributed by atoms with van der Waals surface area (Å²) in [5.74, 6) is 0.183. The molecular weight excluding hydrogens is 262 g/mol. The number of hydrogen-bond donors (Lipinski definition) is 1. The molecule has 0 unspecified atom stereocenters. The summed E-state index contributed by atoms with van der Waals surface area (Å²) >= 11 is 0. The van der Waals surface area contributed by atoms with Crippen LogP contribution in [0, 0.1) is 6.92 Å². The summed E-state index contributed by atoms with van der Waals surface area (Å²) < 4.78 is 0. The Balaban J connectivity index is 2.25. The lowest BCUT2D eigenvalue weighted by molar-refractivity contribution is -0.136. The van der Waals surface area contributed by atoms with Crippen molar-refractivity contribution in [3.63, 3.8) is 0 Å². The van der Waals surface area contributed by atoms with Gasteiger partial charge in [0.05, 0.1) is 0 Å². The van der Waals surface area contributed by atoms with Crippen LogP contribution in [-0.2, 0) is 11.3 Å². The molecule has 2 rings (SSSR count). The Labute approximate surface area is 128 Å². The molecule has 0 atom stereocenters. The van der Waals surface area contributed by atoms with Crippen LogP contribution in [0.15, 0.2) is 18.2 Å². The number of nitrogens with one attached hydrogen (secondary N) is 1. The lowest BCUT2D eigenvalue weighted by Gasteiger charge is -2.46. The minimum Gasteiger partial charge on any atom is -0.356 e. The molecule has 0 aliphatic carbocycles. The predicted molar refractivity (Wildman–Crippen MR) is 87.6 cm³/mol. The second-order valence-electron chi connectivity index (χ2n) is 6.33. The molecule has 0 spiro atoms. The highest BCUT2D eigenvalue weighted by Gasteiger charge is 2.40. The van der Waals surface area contributed by atoms with E-state index in [9.17, 15) is 4.79 Å². The van der Waals surface area contributed by atoms with Gasteiger partial charge >= 0.3 is 0 Å². The van der Waals surface area contributed by atoms with E-state index < -0.39 is 5.54 Å². The fourth-order valence-electron chi connectivity index (χ4n) is 2.97. The Morgan fingerprint density at radius 2 is 2.00 bits per heavy atom. The first-order chi connectivity index (χ1) is 9.87. The standard InChI is InChI=1S/C17H27N3O/c1-6-18-12-14-7-8-15(11-13(14)2)20-10-9-19(5)16(21)17(20,3)4/h7-8,11,18H,6,9-10,12H2,1-5H3. The van der Waals surface area contributed by atoms with Gasteiger partial charge in [-0.1, -0.05) is 13.0 Å². The number of piperazine rings is 1. The lowest BCUT2D eigenvalue weighted by atomic mass is 9.96. The molecule has 1 aromatic rings. The van der Waals surface area contributed by atoms with Gasteiger partial charge in [-0.25, -0.2) is 0 Å². The van der Waals surface area contributed by atoms with Crippen molar-refractivity contribution in [1.82, 2.24) is 10.2 Å². The van der Waals surface area contributed by atoms with Crippen molar-refractivity contribution in [1.29, 1.82) is 0 Å². The van der Waals surface area contributed by atoms with E-state index >= 15 is 0 Å². The van der Waals surface area contributed by atoms with Crippen LogP contribution in [-0.4, -0.2) is 43.0 Å². The Kier molecular flexibility index (Phi) is 4.57. The van der Waals surface area contributed by atoms with Crippen LogP contribution in [0.3, 0.4) is 0 Å². The zero-order valence-corrected chi connectivity index (χ0v) is 13.9. The van der Waals surface area contributed by atoms with E-state index in [0.29, 0.717) is 0 Å². The topological polar surface area (TPSA) is 35.6 Å². The highest BCUT2D eigenvalue weighted by molar-refractivity contribution is 5.90. The largest absolute Gasteiger partial charge is 0.356 e. The first-order valence-corrected chi connectivity index (χ1v) is 7.71.